The fraction of sp³-hybridized carbons (Fsp3) is 0.333. The molecule has 3 N–H and O–H groups in total. The summed E-state index contributed by atoms with van der Waals surface area (Å²) < 4.78 is 0. The molecule has 1 aliphatic heterocycles. The lowest BCUT2D eigenvalue weighted by Crippen LogP contribution is -2.35. The van der Waals surface area contributed by atoms with Crippen molar-refractivity contribution in [2.75, 3.05) is 18.4 Å². The lowest BCUT2D eigenvalue weighted by molar-refractivity contribution is 0.0934. The zero-order valence-electron chi connectivity index (χ0n) is 13.1. The second kappa shape index (κ2) is 7.74. The van der Waals surface area contributed by atoms with Gasteiger partial charge in [0.25, 0.3) is 5.91 Å². The van der Waals surface area contributed by atoms with Crippen LogP contribution < -0.4 is 16.0 Å². The molecule has 1 atom stereocenters. The summed E-state index contributed by atoms with van der Waals surface area (Å²) in [6.07, 6.45) is 6.65. The van der Waals surface area contributed by atoms with Crippen molar-refractivity contribution in [2.24, 2.45) is 0 Å². The number of carbonyl (C=O) groups is 1. The van der Waals surface area contributed by atoms with E-state index in [0.717, 1.165) is 43.7 Å². The maximum absolute atomic E-state index is 12.3. The molecule has 1 aromatic heterocycles. The largest absolute Gasteiger partial charge is 0.354 e. The summed E-state index contributed by atoms with van der Waals surface area (Å²) in [6, 6.07) is 11.6. The van der Waals surface area contributed by atoms with Crippen LogP contribution in [-0.4, -0.2) is 30.0 Å². The molecule has 1 amide bonds. The number of nitrogens with zero attached hydrogens (tertiary/aromatic N) is 1. The molecule has 0 spiro atoms. The molecule has 1 saturated heterocycles. The molecule has 23 heavy (non-hydrogen) atoms. The van der Waals surface area contributed by atoms with Gasteiger partial charge in [-0.15, -0.1) is 0 Å². The van der Waals surface area contributed by atoms with Crippen molar-refractivity contribution < 1.29 is 4.79 Å². The first kappa shape index (κ1) is 15.5. The van der Waals surface area contributed by atoms with Gasteiger partial charge in [-0.1, -0.05) is 0 Å². The van der Waals surface area contributed by atoms with Crippen LogP contribution >= 0.6 is 0 Å². The average molecular weight is 310 g/mol. The van der Waals surface area contributed by atoms with Crippen molar-refractivity contribution >= 4 is 17.3 Å². The van der Waals surface area contributed by atoms with Crippen molar-refractivity contribution in [1.82, 2.24) is 15.6 Å². The van der Waals surface area contributed by atoms with Gasteiger partial charge in [0.15, 0.2) is 0 Å². The fourth-order valence-electron chi connectivity index (χ4n) is 2.74. The highest BCUT2D eigenvalue weighted by Gasteiger charge is 2.15. The number of nitrogens with one attached hydrogen (secondary N) is 3. The summed E-state index contributed by atoms with van der Waals surface area (Å²) in [4.78, 5) is 16.4. The summed E-state index contributed by atoms with van der Waals surface area (Å²) in [6.45, 7) is 2.01. The van der Waals surface area contributed by atoms with Gasteiger partial charge in [-0.25, -0.2) is 0 Å². The van der Waals surface area contributed by atoms with E-state index < -0.39 is 0 Å². The Morgan fingerprint density at radius 1 is 1.09 bits per heavy atom. The number of anilines is 2. The number of carbonyl (C=O) groups excluding carboxylic acids is 1. The van der Waals surface area contributed by atoms with Gasteiger partial charge in [-0.05, 0) is 68.8 Å². The molecule has 0 bridgehead atoms. The van der Waals surface area contributed by atoms with E-state index in [1.54, 1.807) is 12.4 Å². The van der Waals surface area contributed by atoms with E-state index >= 15 is 0 Å². The summed E-state index contributed by atoms with van der Waals surface area (Å²) in [7, 11) is 0. The molecule has 2 aromatic rings. The molecule has 1 fully saturated rings. The zero-order valence-corrected chi connectivity index (χ0v) is 13.1. The number of amides is 1. The number of aromatic nitrogens is 1. The van der Waals surface area contributed by atoms with Gasteiger partial charge in [0.05, 0.1) is 11.9 Å². The molecular weight excluding hydrogens is 288 g/mol. The van der Waals surface area contributed by atoms with Crippen LogP contribution in [0.25, 0.3) is 0 Å². The van der Waals surface area contributed by atoms with Crippen molar-refractivity contribution in [3.05, 3.63) is 54.4 Å². The minimum absolute atomic E-state index is 0.00447. The molecule has 3 rings (SSSR count). The van der Waals surface area contributed by atoms with Crippen LogP contribution in [-0.2, 0) is 0 Å². The van der Waals surface area contributed by atoms with Crippen LogP contribution in [0.3, 0.4) is 0 Å². The summed E-state index contributed by atoms with van der Waals surface area (Å²) in [5.74, 6) is 0.00447. The highest BCUT2D eigenvalue weighted by molar-refractivity contribution is 5.94. The molecule has 2 heterocycles. The zero-order chi connectivity index (χ0) is 15.9. The van der Waals surface area contributed by atoms with Gasteiger partial charge in [0.1, 0.15) is 0 Å². The first-order valence-electron chi connectivity index (χ1n) is 8.10. The lowest BCUT2D eigenvalue weighted by atomic mass is 10.1. The van der Waals surface area contributed by atoms with Crippen molar-refractivity contribution in [3.8, 4) is 0 Å². The summed E-state index contributed by atoms with van der Waals surface area (Å²) in [5, 5.41) is 9.75. The predicted molar refractivity (Wildman–Crippen MR) is 91.9 cm³/mol. The van der Waals surface area contributed by atoms with E-state index in [0.29, 0.717) is 5.56 Å². The molecule has 5 nitrogen and oxygen atoms in total. The van der Waals surface area contributed by atoms with E-state index in [2.05, 4.69) is 20.9 Å². The Balaban J connectivity index is 1.58. The second-order valence-corrected chi connectivity index (χ2v) is 5.80. The second-order valence-electron chi connectivity index (χ2n) is 5.80. The van der Waals surface area contributed by atoms with E-state index in [1.807, 2.05) is 36.4 Å². The van der Waals surface area contributed by atoms with Gasteiger partial charge >= 0.3 is 0 Å². The Morgan fingerprint density at radius 2 is 1.96 bits per heavy atom. The highest BCUT2D eigenvalue weighted by Crippen LogP contribution is 2.16. The standard InChI is InChI=1S/C18H22N4O/c23-18(22-15-3-1-10-19-12-9-15)14-5-7-16(8-6-14)21-17-4-2-11-20-13-17/h2,4-8,11,13,15,19,21H,1,3,9-10,12H2,(H,22,23). The first-order valence-corrected chi connectivity index (χ1v) is 8.10. The van der Waals surface area contributed by atoms with Gasteiger partial charge in [0, 0.05) is 23.5 Å². The molecule has 0 radical (unpaired) electrons. The molecule has 0 aliphatic carbocycles. The minimum atomic E-state index is 0.00447. The summed E-state index contributed by atoms with van der Waals surface area (Å²) >= 11 is 0. The van der Waals surface area contributed by atoms with Crippen molar-refractivity contribution in [3.63, 3.8) is 0 Å². The molecule has 1 aromatic carbocycles. The number of hydrogen-bond donors (Lipinski definition) is 3. The maximum atomic E-state index is 12.3. The van der Waals surface area contributed by atoms with E-state index in [-0.39, 0.29) is 11.9 Å². The molecule has 1 unspecified atom stereocenters. The third kappa shape index (κ3) is 4.53. The Kier molecular flexibility index (Phi) is 5.21. The number of hydrogen-bond acceptors (Lipinski definition) is 4. The monoisotopic (exact) mass is 310 g/mol. The predicted octanol–water partition coefficient (Wildman–Crippen LogP) is 2.70. The van der Waals surface area contributed by atoms with E-state index in [1.165, 1.54) is 0 Å². The Bertz CT molecular complexity index is 619. The van der Waals surface area contributed by atoms with Gasteiger partial charge < -0.3 is 16.0 Å². The third-order valence-corrected chi connectivity index (χ3v) is 4.01. The first-order chi connectivity index (χ1) is 11.3. The topological polar surface area (TPSA) is 66.1 Å². The maximum Gasteiger partial charge on any atom is 0.251 e. The Hall–Kier alpha value is -2.40. The van der Waals surface area contributed by atoms with E-state index in [9.17, 15) is 4.79 Å². The lowest BCUT2D eigenvalue weighted by Gasteiger charge is -2.16. The van der Waals surface area contributed by atoms with Gasteiger partial charge in [0.2, 0.25) is 0 Å². The molecule has 1 aliphatic rings. The Labute approximate surface area is 136 Å². The average Bonchev–Trinajstić information content (AvgIpc) is 2.85. The molecule has 120 valence electrons. The quantitative estimate of drug-likeness (QED) is 0.812. The van der Waals surface area contributed by atoms with Crippen molar-refractivity contribution in [1.29, 1.82) is 0 Å². The molecular formula is C18H22N4O. The van der Waals surface area contributed by atoms with Gasteiger partial charge in [-0.3, -0.25) is 9.78 Å². The number of pyridine rings is 1. The molecule has 5 heteroatoms. The number of benzene rings is 1. The summed E-state index contributed by atoms with van der Waals surface area (Å²) in [5.41, 5.74) is 2.56. The van der Waals surface area contributed by atoms with Crippen LogP contribution in [0.4, 0.5) is 11.4 Å². The van der Waals surface area contributed by atoms with Crippen LogP contribution in [0.5, 0.6) is 0 Å². The SMILES string of the molecule is O=C(NC1CCCNCC1)c1ccc(Nc2cccnc2)cc1. The third-order valence-electron chi connectivity index (χ3n) is 4.01. The van der Waals surface area contributed by atoms with Crippen LogP contribution in [0, 0.1) is 0 Å². The Morgan fingerprint density at radius 3 is 2.74 bits per heavy atom. The van der Waals surface area contributed by atoms with Crippen LogP contribution in [0.2, 0.25) is 0 Å². The van der Waals surface area contributed by atoms with Crippen LogP contribution in [0.15, 0.2) is 48.8 Å². The fourth-order valence-corrected chi connectivity index (χ4v) is 2.74. The van der Waals surface area contributed by atoms with E-state index in [4.69, 9.17) is 0 Å². The smallest absolute Gasteiger partial charge is 0.251 e. The van der Waals surface area contributed by atoms with Gasteiger partial charge in [-0.2, -0.15) is 0 Å². The van der Waals surface area contributed by atoms with Crippen molar-refractivity contribution in [2.45, 2.75) is 25.3 Å². The van der Waals surface area contributed by atoms with Crippen LogP contribution in [0.1, 0.15) is 29.6 Å². The minimum Gasteiger partial charge on any atom is -0.354 e. The molecule has 0 saturated carbocycles. The highest BCUT2D eigenvalue weighted by atomic mass is 16.1. The number of rotatable bonds is 4. The normalized spacial score (nSPS) is 18.0.